The molecule has 3 atom stereocenters. The van der Waals surface area contributed by atoms with Gasteiger partial charge >= 0.3 is 0 Å². The zero-order chi connectivity index (χ0) is 18.3. The first-order valence-corrected chi connectivity index (χ1v) is 9.84. The van der Waals surface area contributed by atoms with E-state index in [1.807, 2.05) is 51.2 Å². The predicted octanol–water partition coefficient (Wildman–Crippen LogP) is 4.01. The number of hydrogen-bond acceptors (Lipinski definition) is 4. The Bertz CT molecular complexity index is 946. The van der Waals surface area contributed by atoms with E-state index in [-0.39, 0.29) is 23.8 Å². The monoisotopic (exact) mass is 369 g/mol. The number of ether oxygens (including phenoxy) is 1. The van der Waals surface area contributed by atoms with Crippen molar-refractivity contribution in [2.24, 2.45) is 13.0 Å². The minimum absolute atomic E-state index is 0.0107. The highest BCUT2D eigenvalue weighted by molar-refractivity contribution is 7.13. The Balaban J connectivity index is 1.42. The largest absolute Gasteiger partial charge is 0.484 e. The third-order valence-corrected chi connectivity index (χ3v) is 6.14. The van der Waals surface area contributed by atoms with E-state index >= 15 is 0 Å². The van der Waals surface area contributed by atoms with E-state index in [1.54, 1.807) is 11.3 Å². The molecule has 1 aromatic carbocycles. The molecule has 3 aromatic rings. The molecule has 0 radical (unpaired) electrons. The second kappa shape index (κ2) is 6.76. The highest BCUT2D eigenvalue weighted by Gasteiger charge is 2.47. The van der Waals surface area contributed by atoms with Gasteiger partial charge in [-0.3, -0.25) is 4.79 Å². The van der Waals surface area contributed by atoms with Crippen molar-refractivity contribution in [2.45, 2.75) is 32.2 Å². The zero-order valence-electron chi connectivity index (χ0n) is 15.2. The number of nitrogens with zero attached hydrogens (tertiary/aromatic N) is 2. The summed E-state index contributed by atoms with van der Waals surface area (Å²) < 4.78 is 7.63. The van der Waals surface area contributed by atoms with E-state index in [9.17, 15) is 4.79 Å². The van der Waals surface area contributed by atoms with Gasteiger partial charge < -0.3 is 14.6 Å². The van der Waals surface area contributed by atoms with Gasteiger partial charge in [0.1, 0.15) is 5.82 Å². The summed E-state index contributed by atoms with van der Waals surface area (Å²) in [7, 11) is 2.03. The highest BCUT2D eigenvalue weighted by Crippen LogP contribution is 2.47. The van der Waals surface area contributed by atoms with E-state index in [2.05, 4.69) is 16.0 Å². The number of amides is 1. The molecular formula is C20H23N3O2S. The van der Waals surface area contributed by atoms with Gasteiger partial charge in [0.15, 0.2) is 5.06 Å². The maximum absolute atomic E-state index is 12.7. The topological polar surface area (TPSA) is 56.1 Å². The van der Waals surface area contributed by atoms with Crippen molar-refractivity contribution < 1.29 is 9.53 Å². The van der Waals surface area contributed by atoms with Crippen molar-refractivity contribution in [3.8, 4) is 5.06 Å². The van der Waals surface area contributed by atoms with E-state index in [0.29, 0.717) is 6.61 Å². The first-order chi connectivity index (χ1) is 12.6. The number of aromatic nitrogens is 2. The van der Waals surface area contributed by atoms with E-state index in [1.165, 1.54) is 0 Å². The first-order valence-electron chi connectivity index (χ1n) is 9.02. The smallest absolute Gasteiger partial charge is 0.224 e. The van der Waals surface area contributed by atoms with Gasteiger partial charge in [0.05, 0.1) is 23.7 Å². The van der Waals surface area contributed by atoms with E-state index < -0.39 is 0 Å². The SMILES string of the molecule is CCOc1ccc([C@@H](C)NC(=O)C2CC2c2nc3ccccc3n2C)s1. The van der Waals surface area contributed by atoms with Crippen molar-refractivity contribution in [3.63, 3.8) is 0 Å². The molecule has 136 valence electrons. The molecule has 6 heteroatoms. The van der Waals surface area contributed by atoms with Crippen LogP contribution in [0.15, 0.2) is 36.4 Å². The Morgan fingerprint density at radius 2 is 2.19 bits per heavy atom. The van der Waals surface area contributed by atoms with Crippen LogP contribution in [-0.4, -0.2) is 22.1 Å². The van der Waals surface area contributed by atoms with Crippen LogP contribution in [0.3, 0.4) is 0 Å². The Morgan fingerprint density at radius 3 is 2.96 bits per heavy atom. The number of para-hydroxylation sites is 2. The standard InChI is InChI=1S/C20H23N3O2S/c1-4-25-18-10-9-17(26-18)12(2)21-20(24)14-11-13(14)19-22-15-7-5-6-8-16(15)23(19)3/h5-10,12-14H,4,11H2,1-3H3,(H,21,24)/t12-,13?,14?/m1/s1. The summed E-state index contributed by atoms with van der Waals surface area (Å²) in [5.41, 5.74) is 2.11. The van der Waals surface area contributed by atoms with Crippen molar-refractivity contribution in [3.05, 3.63) is 47.1 Å². The van der Waals surface area contributed by atoms with Crippen LogP contribution < -0.4 is 10.1 Å². The fourth-order valence-corrected chi connectivity index (χ4v) is 4.36. The van der Waals surface area contributed by atoms with Crippen LogP contribution in [0.25, 0.3) is 11.0 Å². The summed E-state index contributed by atoms with van der Waals surface area (Å²) in [4.78, 5) is 18.5. The molecule has 1 fully saturated rings. The minimum atomic E-state index is -0.0107. The van der Waals surface area contributed by atoms with Crippen molar-refractivity contribution in [1.82, 2.24) is 14.9 Å². The van der Waals surface area contributed by atoms with Gasteiger partial charge in [-0.15, -0.1) is 11.3 Å². The average Bonchev–Trinajstić information content (AvgIpc) is 3.17. The molecule has 1 saturated carbocycles. The van der Waals surface area contributed by atoms with Crippen LogP contribution in [0, 0.1) is 5.92 Å². The molecule has 2 unspecified atom stereocenters. The summed E-state index contributed by atoms with van der Waals surface area (Å²) >= 11 is 1.59. The van der Waals surface area contributed by atoms with Crippen molar-refractivity contribution >= 4 is 28.3 Å². The average molecular weight is 369 g/mol. The summed E-state index contributed by atoms with van der Waals surface area (Å²) in [5.74, 6) is 1.34. The highest BCUT2D eigenvalue weighted by atomic mass is 32.1. The van der Waals surface area contributed by atoms with Crippen LogP contribution in [0.5, 0.6) is 5.06 Å². The lowest BCUT2D eigenvalue weighted by atomic mass is 10.2. The number of imidazole rings is 1. The number of carbonyl (C=O) groups excluding carboxylic acids is 1. The van der Waals surface area contributed by atoms with Crippen LogP contribution in [0.1, 0.15) is 42.9 Å². The Kier molecular flexibility index (Phi) is 4.44. The number of carbonyl (C=O) groups is 1. The van der Waals surface area contributed by atoms with Gasteiger partial charge in [-0.1, -0.05) is 12.1 Å². The van der Waals surface area contributed by atoms with Crippen LogP contribution >= 0.6 is 11.3 Å². The lowest BCUT2D eigenvalue weighted by Crippen LogP contribution is -2.28. The van der Waals surface area contributed by atoms with Gasteiger partial charge in [0.2, 0.25) is 5.91 Å². The van der Waals surface area contributed by atoms with Crippen LogP contribution in [-0.2, 0) is 11.8 Å². The minimum Gasteiger partial charge on any atom is -0.484 e. The lowest BCUT2D eigenvalue weighted by molar-refractivity contribution is -0.123. The molecular weight excluding hydrogens is 346 g/mol. The fraction of sp³-hybridized carbons (Fsp3) is 0.400. The molecule has 0 aliphatic heterocycles. The number of aryl methyl sites for hydroxylation is 1. The summed E-state index contributed by atoms with van der Waals surface area (Å²) in [6.45, 7) is 4.65. The number of hydrogen-bond donors (Lipinski definition) is 1. The van der Waals surface area contributed by atoms with E-state index in [0.717, 1.165) is 33.2 Å². The number of nitrogens with one attached hydrogen (secondary N) is 1. The van der Waals surface area contributed by atoms with Gasteiger partial charge in [-0.25, -0.2) is 4.98 Å². The molecule has 0 bridgehead atoms. The first kappa shape index (κ1) is 17.1. The molecule has 0 saturated heterocycles. The van der Waals surface area contributed by atoms with Gasteiger partial charge in [0, 0.05) is 23.8 Å². The normalized spacial score (nSPS) is 20.1. The predicted molar refractivity (Wildman–Crippen MR) is 104 cm³/mol. The number of rotatable bonds is 6. The number of thiophene rings is 1. The maximum Gasteiger partial charge on any atom is 0.224 e. The summed E-state index contributed by atoms with van der Waals surface area (Å²) in [6, 6.07) is 12.1. The molecule has 1 aliphatic carbocycles. The van der Waals surface area contributed by atoms with Gasteiger partial charge in [-0.05, 0) is 44.5 Å². The zero-order valence-corrected chi connectivity index (χ0v) is 16.0. The van der Waals surface area contributed by atoms with Crippen molar-refractivity contribution in [1.29, 1.82) is 0 Å². The Morgan fingerprint density at radius 1 is 1.38 bits per heavy atom. The summed E-state index contributed by atoms with van der Waals surface area (Å²) in [5, 5.41) is 4.04. The molecule has 1 N–H and O–H groups in total. The molecule has 0 spiro atoms. The number of fused-ring (bicyclic) bond motifs is 1. The fourth-order valence-electron chi connectivity index (χ4n) is 3.44. The van der Waals surface area contributed by atoms with E-state index in [4.69, 9.17) is 9.72 Å². The third kappa shape index (κ3) is 3.09. The quantitative estimate of drug-likeness (QED) is 0.714. The van der Waals surface area contributed by atoms with Crippen LogP contribution in [0.4, 0.5) is 0 Å². The molecule has 5 nitrogen and oxygen atoms in total. The maximum atomic E-state index is 12.7. The van der Waals surface area contributed by atoms with Gasteiger partial charge in [0.25, 0.3) is 0 Å². The molecule has 2 heterocycles. The van der Waals surface area contributed by atoms with Gasteiger partial charge in [-0.2, -0.15) is 0 Å². The Labute approximate surface area is 157 Å². The molecule has 26 heavy (non-hydrogen) atoms. The second-order valence-corrected chi connectivity index (χ2v) is 7.86. The third-order valence-electron chi connectivity index (χ3n) is 4.95. The summed E-state index contributed by atoms with van der Waals surface area (Å²) in [6.07, 6.45) is 0.865. The lowest BCUT2D eigenvalue weighted by Gasteiger charge is -2.12. The molecule has 4 rings (SSSR count). The van der Waals surface area contributed by atoms with Crippen LogP contribution in [0.2, 0.25) is 0 Å². The molecule has 1 aliphatic rings. The molecule has 1 amide bonds. The number of benzene rings is 1. The molecule has 2 aromatic heterocycles. The second-order valence-electron chi connectivity index (χ2n) is 6.79. The Hall–Kier alpha value is -2.34. The van der Waals surface area contributed by atoms with Crippen molar-refractivity contribution in [2.75, 3.05) is 6.61 Å².